The second-order valence-electron chi connectivity index (χ2n) is 5.20. The Morgan fingerprint density at radius 1 is 1.41 bits per heavy atom. The molecule has 3 heteroatoms. The molecule has 0 rings (SSSR count). The molecule has 0 radical (unpaired) electrons. The third kappa shape index (κ3) is 8.69. The van der Waals surface area contributed by atoms with Crippen molar-refractivity contribution in [3.05, 3.63) is 25.3 Å². The quantitative estimate of drug-likeness (QED) is 0.550. The van der Waals surface area contributed by atoms with Crippen LogP contribution in [0.2, 0.25) is 0 Å². The van der Waals surface area contributed by atoms with Gasteiger partial charge in [-0.25, -0.2) is 0 Å². The van der Waals surface area contributed by atoms with Crippen molar-refractivity contribution in [1.82, 2.24) is 0 Å². The molecule has 0 aliphatic rings. The molecule has 0 aromatic carbocycles. The molecular weight excluding hydrogens is 216 g/mol. The number of allylic oxidation sites excluding steroid dienone is 1. The van der Waals surface area contributed by atoms with Crippen LogP contribution in [0.3, 0.4) is 0 Å². The average molecular weight is 240 g/mol. The van der Waals surface area contributed by atoms with Crippen LogP contribution in [0.1, 0.15) is 40.0 Å². The van der Waals surface area contributed by atoms with Crippen LogP contribution < -0.4 is 0 Å². The summed E-state index contributed by atoms with van der Waals surface area (Å²) in [5.74, 6) is -0.312. The smallest absolute Gasteiger partial charge is 0.306 e. The summed E-state index contributed by atoms with van der Waals surface area (Å²) in [4.78, 5) is 11.6. The van der Waals surface area contributed by atoms with Crippen molar-refractivity contribution in [2.75, 3.05) is 0 Å². The van der Waals surface area contributed by atoms with Crippen LogP contribution in [0, 0.1) is 5.92 Å². The van der Waals surface area contributed by atoms with Crippen LogP contribution in [0.5, 0.6) is 0 Å². The topological polar surface area (TPSA) is 46.5 Å². The standard InChI is InChI=1S/C14H24O3/c1-6-8-12(15)9-11(7-2)10-13(16)17-14(3,4)5/h6-7,11-12,15H,1-2,8-10H2,3-5H3/t11-,12+/m0/s1. The summed E-state index contributed by atoms with van der Waals surface area (Å²) < 4.78 is 5.22. The molecule has 0 unspecified atom stereocenters. The maximum absolute atomic E-state index is 11.6. The second kappa shape index (κ2) is 7.28. The van der Waals surface area contributed by atoms with Gasteiger partial charge in [-0.3, -0.25) is 4.79 Å². The molecule has 0 aliphatic carbocycles. The van der Waals surface area contributed by atoms with Crippen LogP contribution in [-0.4, -0.2) is 22.8 Å². The fourth-order valence-electron chi connectivity index (χ4n) is 1.50. The van der Waals surface area contributed by atoms with Crippen LogP contribution >= 0.6 is 0 Å². The highest BCUT2D eigenvalue weighted by atomic mass is 16.6. The lowest BCUT2D eigenvalue weighted by atomic mass is 9.96. The normalized spacial score (nSPS) is 14.8. The monoisotopic (exact) mass is 240 g/mol. The van der Waals surface area contributed by atoms with Crippen LogP contribution in [0.15, 0.2) is 25.3 Å². The molecule has 0 aromatic rings. The Balaban J connectivity index is 4.17. The minimum Gasteiger partial charge on any atom is -0.460 e. The Morgan fingerprint density at radius 2 is 2.00 bits per heavy atom. The number of rotatable bonds is 7. The Kier molecular flexibility index (Phi) is 6.81. The number of aliphatic hydroxyl groups excluding tert-OH is 1. The molecular formula is C14H24O3. The minimum atomic E-state index is -0.474. The number of carbonyl (C=O) groups is 1. The van der Waals surface area contributed by atoms with E-state index in [4.69, 9.17) is 4.74 Å². The summed E-state index contributed by atoms with van der Waals surface area (Å²) in [6, 6.07) is 0. The van der Waals surface area contributed by atoms with Gasteiger partial charge in [0.05, 0.1) is 12.5 Å². The third-order valence-electron chi connectivity index (χ3n) is 2.20. The average Bonchev–Trinajstić information content (AvgIpc) is 2.13. The molecule has 2 atom stereocenters. The highest BCUT2D eigenvalue weighted by Crippen LogP contribution is 2.18. The Bertz CT molecular complexity index is 263. The summed E-state index contributed by atoms with van der Waals surface area (Å²) in [7, 11) is 0. The number of hydrogen-bond donors (Lipinski definition) is 1. The summed E-state index contributed by atoms with van der Waals surface area (Å²) >= 11 is 0. The van der Waals surface area contributed by atoms with E-state index in [9.17, 15) is 9.90 Å². The van der Waals surface area contributed by atoms with Crippen LogP contribution in [0.4, 0.5) is 0 Å². The third-order valence-corrected chi connectivity index (χ3v) is 2.20. The second-order valence-corrected chi connectivity index (χ2v) is 5.20. The lowest BCUT2D eigenvalue weighted by Crippen LogP contribution is -2.25. The van der Waals surface area contributed by atoms with E-state index in [1.165, 1.54) is 0 Å². The van der Waals surface area contributed by atoms with Crippen molar-refractivity contribution in [3.8, 4) is 0 Å². The largest absolute Gasteiger partial charge is 0.460 e. The highest BCUT2D eigenvalue weighted by molar-refractivity contribution is 5.70. The molecule has 0 heterocycles. The summed E-state index contributed by atoms with van der Waals surface area (Å²) in [5, 5.41) is 9.63. The number of hydrogen-bond acceptors (Lipinski definition) is 3. The van der Waals surface area contributed by atoms with E-state index in [0.29, 0.717) is 12.8 Å². The number of ether oxygens (including phenoxy) is 1. The molecule has 98 valence electrons. The van der Waals surface area contributed by atoms with Crippen molar-refractivity contribution in [2.24, 2.45) is 5.92 Å². The van der Waals surface area contributed by atoms with Crippen LogP contribution in [0.25, 0.3) is 0 Å². The predicted molar refractivity (Wildman–Crippen MR) is 69.6 cm³/mol. The van der Waals surface area contributed by atoms with Gasteiger partial charge in [0.25, 0.3) is 0 Å². The maximum atomic E-state index is 11.6. The van der Waals surface area contributed by atoms with E-state index >= 15 is 0 Å². The SMILES string of the molecule is C=CC[C@@H](O)C[C@H](C=C)CC(=O)OC(C)(C)C. The molecule has 0 aliphatic heterocycles. The molecule has 0 fully saturated rings. The molecule has 17 heavy (non-hydrogen) atoms. The van der Waals surface area contributed by atoms with Gasteiger partial charge < -0.3 is 9.84 Å². The van der Waals surface area contributed by atoms with Gasteiger partial charge in [0.1, 0.15) is 5.60 Å². The van der Waals surface area contributed by atoms with Gasteiger partial charge in [-0.1, -0.05) is 12.2 Å². The van der Waals surface area contributed by atoms with E-state index in [1.807, 2.05) is 20.8 Å². The number of carbonyl (C=O) groups excluding carboxylic acids is 1. The first-order valence-corrected chi connectivity index (χ1v) is 5.92. The minimum absolute atomic E-state index is 0.0557. The zero-order chi connectivity index (χ0) is 13.5. The lowest BCUT2D eigenvalue weighted by molar-refractivity contribution is -0.155. The molecule has 0 spiro atoms. The van der Waals surface area contributed by atoms with Gasteiger partial charge in [-0.05, 0) is 39.5 Å². The van der Waals surface area contributed by atoms with E-state index in [2.05, 4.69) is 13.2 Å². The molecule has 0 aromatic heterocycles. The van der Waals surface area contributed by atoms with Gasteiger partial charge in [0.2, 0.25) is 0 Å². The van der Waals surface area contributed by atoms with Crippen molar-refractivity contribution in [3.63, 3.8) is 0 Å². The fraction of sp³-hybridized carbons (Fsp3) is 0.643. The zero-order valence-electron chi connectivity index (χ0n) is 11.1. The zero-order valence-corrected chi connectivity index (χ0v) is 11.1. The molecule has 0 amide bonds. The molecule has 3 nitrogen and oxygen atoms in total. The molecule has 0 saturated heterocycles. The number of esters is 1. The predicted octanol–water partition coefficient (Wildman–Crippen LogP) is 2.85. The van der Waals surface area contributed by atoms with Crippen molar-refractivity contribution in [1.29, 1.82) is 0 Å². The van der Waals surface area contributed by atoms with Crippen molar-refractivity contribution >= 4 is 5.97 Å². The van der Waals surface area contributed by atoms with E-state index < -0.39 is 11.7 Å². The molecule has 0 saturated carbocycles. The first-order chi connectivity index (χ1) is 7.78. The summed E-state index contributed by atoms with van der Waals surface area (Å²) in [6.07, 6.45) is 4.18. The lowest BCUT2D eigenvalue weighted by Gasteiger charge is -2.21. The van der Waals surface area contributed by atoms with Gasteiger partial charge in [0, 0.05) is 0 Å². The first-order valence-electron chi connectivity index (χ1n) is 5.92. The first kappa shape index (κ1) is 15.9. The maximum Gasteiger partial charge on any atom is 0.306 e. The van der Waals surface area contributed by atoms with Gasteiger partial charge >= 0.3 is 5.97 Å². The Labute approximate surface area is 104 Å². The van der Waals surface area contributed by atoms with E-state index in [-0.39, 0.29) is 18.3 Å². The van der Waals surface area contributed by atoms with Gasteiger partial charge in [-0.2, -0.15) is 0 Å². The van der Waals surface area contributed by atoms with Crippen molar-refractivity contribution in [2.45, 2.75) is 51.7 Å². The summed E-state index contributed by atoms with van der Waals surface area (Å²) in [6.45, 7) is 12.7. The van der Waals surface area contributed by atoms with E-state index in [0.717, 1.165) is 0 Å². The molecule has 1 N–H and O–H groups in total. The van der Waals surface area contributed by atoms with Gasteiger partial charge in [-0.15, -0.1) is 13.2 Å². The Hall–Kier alpha value is -1.09. The Morgan fingerprint density at radius 3 is 2.41 bits per heavy atom. The molecule has 0 bridgehead atoms. The van der Waals surface area contributed by atoms with Gasteiger partial charge in [0.15, 0.2) is 0 Å². The van der Waals surface area contributed by atoms with E-state index in [1.54, 1.807) is 12.2 Å². The highest BCUT2D eigenvalue weighted by Gasteiger charge is 2.20. The fourth-order valence-corrected chi connectivity index (χ4v) is 1.50. The van der Waals surface area contributed by atoms with Crippen molar-refractivity contribution < 1.29 is 14.6 Å². The number of aliphatic hydroxyl groups is 1. The summed E-state index contributed by atoms with van der Waals surface area (Å²) in [5.41, 5.74) is -0.470. The van der Waals surface area contributed by atoms with Crippen LogP contribution in [-0.2, 0) is 9.53 Å².